The Kier molecular flexibility index (Phi) is 4.55. The molecule has 1 fully saturated rings. The van der Waals surface area contributed by atoms with E-state index in [-0.39, 0.29) is 11.8 Å². The number of aromatic hydroxyl groups is 1. The molecular weight excluding hydrogens is 233 g/mol. The molecule has 0 bridgehead atoms. The molecule has 2 N–H and O–H groups in total. The SMILES string of the molecule is CC(NCC1CCOCC1)c1ccc(F)cc1O. The van der Waals surface area contributed by atoms with Crippen LogP contribution in [0, 0.1) is 11.7 Å². The van der Waals surface area contributed by atoms with Crippen molar-refractivity contribution in [1.82, 2.24) is 5.32 Å². The number of hydrogen-bond acceptors (Lipinski definition) is 3. The van der Waals surface area contributed by atoms with Crippen molar-refractivity contribution in [3.63, 3.8) is 0 Å². The van der Waals surface area contributed by atoms with E-state index in [1.165, 1.54) is 6.07 Å². The van der Waals surface area contributed by atoms with Gasteiger partial charge in [-0.05, 0) is 38.3 Å². The molecule has 1 unspecified atom stereocenters. The number of phenols is 1. The van der Waals surface area contributed by atoms with Crippen LogP contribution in [0.4, 0.5) is 4.39 Å². The molecule has 1 aliphatic rings. The molecule has 100 valence electrons. The zero-order chi connectivity index (χ0) is 13.0. The lowest BCUT2D eigenvalue weighted by Crippen LogP contribution is -2.29. The van der Waals surface area contributed by atoms with Gasteiger partial charge in [-0.15, -0.1) is 0 Å². The van der Waals surface area contributed by atoms with Crippen molar-refractivity contribution in [2.24, 2.45) is 5.92 Å². The molecule has 0 aliphatic carbocycles. The average Bonchev–Trinajstić information content (AvgIpc) is 2.37. The zero-order valence-electron chi connectivity index (χ0n) is 10.7. The smallest absolute Gasteiger partial charge is 0.126 e. The number of phenolic OH excluding ortho intramolecular Hbond substituents is 1. The molecule has 0 aromatic heterocycles. The standard InChI is InChI=1S/C14H20FNO2/c1-10(13-3-2-12(15)8-14(13)17)16-9-11-4-6-18-7-5-11/h2-3,8,10-11,16-17H,4-7,9H2,1H3. The van der Waals surface area contributed by atoms with E-state index in [0.29, 0.717) is 5.92 Å². The van der Waals surface area contributed by atoms with Gasteiger partial charge in [0, 0.05) is 30.9 Å². The van der Waals surface area contributed by atoms with Gasteiger partial charge in [-0.3, -0.25) is 0 Å². The second-order valence-electron chi connectivity index (χ2n) is 4.89. The van der Waals surface area contributed by atoms with Crippen LogP contribution in [0.3, 0.4) is 0 Å². The van der Waals surface area contributed by atoms with Crippen LogP contribution in [0.25, 0.3) is 0 Å². The van der Waals surface area contributed by atoms with Crippen molar-refractivity contribution in [3.05, 3.63) is 29.6 Å². The molecule has 0 amide bonds. The normalized spacial score (nSPS) is 18.8. The first-order valence-corrected chi connectivity index (χ1v) is 6.46. The quantitative estimate of drug-likeness (QED) is 0.866. The fraction of sp³-hybridized carbons (Fsp3) is 0.571. The number of benzene rings is 1. The molecule has 1 saturated heterocycles. The summed E-state index contributed by atoms with van der Waals surface area (Å²) < 4.78 is 18.2. The minimum atomic E-state index is -0.409. The summed E-state index contributed by atoms with van der Waals surface area (Å²) in [6.07, 6.45) is 2.16. The Morgan fingerprint density at radius 1 is 1.44 bits per heavy atom. The van der Waals surface area contributed by atoms with Crippen molar-refractivity contribution in [2.45, 2.75) is 25.8 Å². The van der Waals surface area contributed by atoms with Gasteiger partial charge in [0.05, 0.1) is 0 Å². The molecule has 1 atom stereocenters. The van der Waals surface area contributed by atoms with Crippen LogP contribution in [-0.4, -0.2) is 24.9 Å². The van der Waals surface area contributed by atoms with E-state index in [1.54, 1.807) is 6.07 Å². The molecule has 1 aromatic carbocycles. The van der Waals surface area contributed by atoms with Crippen molar-refractivity contribution < 1.29 is 14.2 Å². The van der Waals surface area contributed by atoms with Crippen molar-refractivity contribution in [1.29, 1.82) is 0 Å². The number of rotatable bonds is 4. The predicted octanol–water partition coefficient (Wildman–Crippen LogP) is 2.61. The second-order valence-corrected chi connectivity index (χ2v) is 4.89. The van der Waals surface area contributed by atoms with E-state index in [1.807, 2.05) is 6.92 Å². The molecule has 1 heterocycles. The van der Waals surface area contributed by atoms with E-state index in [4.69, 9.17) is 4.74 Å². The first kappa shape index (κ1) is 13.3. The Balaban J connectivity index is 1.88. The summed E-state index contributed by atoms with van der Waals surface area (Å²) in [5, 5.41) is 13.1. The maximum absolute atomic E-state index is 12.9. The van der Waals surface area contributed by atoms with Crippen molar-refractivity contribution in [2.75, 3.05) is 19.8 Å². The van der Waals surface area contributed by atoms with Crippen molar-refractivity contribution >= 4 is 0 Å². The highest BCUT2D eigenvalue weighted by atomic mass is 19.1. The third-order valence-electron chi connectivity index (χ3n) is 3.51. The fourth-order valence-corrected chi connectivity index (χ4v) is 2.29. The van der Waals surface area contributed by atoms with Gasteiger partial charge in [0.1, 0.15) is 11.6 Å². The van der Waals surface area contributed by atoms with E-state index in [9.17, 15) is 9.50 Å². The summed E-state index contributed by atoms with van der Waals surface area (Å²) in [7, 11) is 0. The van der Waals surface area contributed by atoms with Crippen LogP contribution in [0.1, 0.15) is 31.4 Å². The van der Waals surface area contributed by atoms with Gasteiger partial charge in [-0.2, -0.15) is 0 Å². The van der Waals surface area contributed by atoms with Gasteiger partial charge in [0.25, 0.3) is 0 Å². The lowest BCUT2D eigenvalue weighted by molar-refractivity contribution is 0.0656. The maximum atomic E-state index is 12.9. The van der Waals surface area contributed by atoms with Gasteiger partial charge in [0.2, 0.25) is 0 Å². The van der Waals surface area contributed by atoms with Gasteiger partial charge in [-0.25, -0.2) is 4.39 Å². The largest absolute Gasteiger partial charge is 0.508 e. The summed E-state index contributed by atoms with van der Waals surface area (Å²) in [6, 6.07) is 4.18. The van der Waals surface area contributed by atoms with Crippen LogP contribution in [0.2, 0.25) is 0 Å². The van der Waals surface area contributed by atoms with E-state index in [0.717, 1.165) is 44.2 Å². The zero-order valence-corrected chi connectivity index (χ0v) is 10.7. The lowest BCUT2D eigenvalue weighted by Gasteiger charge is -2.24. The summed E-state index contributed by atoms with van der Waals surface area (Å²) >= 11 is 0. The minimum Gasteiger partial charge on any atom is -0.508 e. The van der Waals surface area contributed by atoms with Gasteiger partial charge in [-0.1, -0.05) is 6.07 Å². The molecule has 2 rings (SSSR count). The maximum Gasteiger partial charge on any atom is 0.126 e. The molecule has 18 heavy (non-hydrogen) atoms. The van der Waals surface area contributed by atoms with Crippen LogP contribution < -0.4 is 5.32 Å². The highest BCUT2D eigenvalue weighted by molar-refractivity contribution is 5.34. The van der Waals surface area contributed by atoms with Crippen LogP contribution in [-0.2, 0) is 4.74 Å². The van der Waals surface area contributed by atoms with Gasteiger partial charge < -0.3 is 15.2 Å². The van der Waals surface area contributed by atoms with E-state index >= 15 is 0 Å². The first-order valence-electron chi connectivity index (χ1n) is 6.46. The monoisotopic (exact) mass is 253 g/mol. The Hall–Kier alpha value is -1.13. The summed E-state index contributed by atoms with van der Waals surface area (Å²) in [6.45, 7) is 4.55. The lowest BCUT2D eigenvalue weighted by atomic mass is 9.99. The van der Waals surface area contributed by atoms with Gasteiger partial charge in [0.15, 0.2) is 0 Å². The molecule has 4 heteroatoms. The Labute approximate surface area is 107 Å². The molecular formula is C14H20FNO2. The molecule has 0 radical (unpaired) electrons. The molecule has 0 saturated carbocycles. The number of halogens is 1. The highest BCUT2D eigenvalue weighted by Crippen LogP contribution is 2.25. The second kappa shape index (κ2) is 6.16. The number of ether oxygens (including phenoxy) is 1. The Morgan fingerprint density at radius 2 is 2.17 bits per heavy atom. The molecule has 0 spiro atoms. The molecule has 1 aliphatic heterocycles. The average molecular weight is 253 g/mol. The predicted molar refractivity (Wildman–Crippen MR) is 68.0 cm³/mol. The van der Waals surface area contributed by atoms with Crippen LogP contribution >= 0.6 is 0 Å². The third-order valence-corrected chi connectivity index (χ3v) is 3.51. The Morgan fingerprint density at radius 3 is 2.83 bits per heavy atom. The molecule has 1 aromatic rings. The van der Waals surface area contributed by atoms with E-state index < -0.39 is 5.82 Å². The highest BCUT2D eigenvalue weighted by Gasteiger charge is 2.16. The van der Waals surface area contributed by atoms with E-state index in [2.05, 4.69) is 5.32 Å². The third kappa shape index (κ3) is 3.43. The van der Waals surface area contributed by atoms with Crippen molar-refractivity contribution in [3.8, 4) is 5.75 Å². The van der Waals surface area contributed by atoms with Crippen LogP contribution in [0.5, 0.6) is 5.75 Å². The fourth-order valence-electron chi connectivity index (χ4n) is 2.29. The summed E-state index contributed by atoms with van der Waals surface area (Å²) in [5.41, 5.74) is 0.739. The van der Waals surface area contributed by atoms with Crippen LogP contribution in [0.15, 0.2) is 18.2 Å². The number of nitrogens with one attached hydrogen (secondary N) is 1. The topological polar surface area (TPSA) is 41.5 Å². The summed E-state index contributed by atoms with van der Waals surface area (Å²) in [5.74, 6) is 0.235. The first-order chi connectivity index (χ1) is 8.66. The Bertz CT molecular complexity index is 391. The number of hydrogen-bond donors (Lipinski definition) is 2. The molecule has 3 nitrogen and oxygen atoms in total. The minimum absolute atomic E-state index is 0.0157. The van der Waals surface area contributed by atoms with Gasteiger partial charge >= 0.3 is 0 Å². The summed E-state index contributed by atoms with van der Waals surface area (Å²) in [4.78, 5) is 0.